The van der Waals surface area contributed by atoms with Gasteiger partial charge in [-0.1, -0.05) is 0 Å². The molecule has 2 heterocycles. The zero-order valence-corrected chi connectivity index (χ0v) is 11.1. The standard InChI is InChI=1S/C11H16N4O2S/c1-17-8(5-18-2)12-3-7-4-13-10-9(7)14-6-15-11(10)16/h4,6,8,12-13H,3,5H2,1-2H3,(H,14,15,16)/t8-/m1/s1. The first-order valence-electron chi connectivity index (χ1n) is 5.55. The van der Waals surface area contributed by atoms with E-state index in [0.717, 1.165) is 11.3 Å². The molecule has 6 nitrogen and oxygen atoms in total. The van der Waals surface area contributed by atoms with E-state index in [0.29, 0.717) is 17.6 Å². The number of nitrogens with one attached hydrogen (secondary N) is 3. The van der Waals surface area contributed by atoms with Gasteiger partial charge in [0, 0.05) is 31.2 Å². The van der Waals surface area contributed by atoms with Crippen LogP contribution in [0.4, 0.5) is 0 Å². The summed E-state index contributed by atoms with van der Waals surface area (Å²) in [4.78, 5) is 21.2. The van der Waals surface area contributed by atoms with Crippen LogP contribution in [0, 0.1) is 0 Å². The molecule has 2 aromatic heterocycles. The van der Waals surface area contributed by atoms with Crippen molar-refractivity contribution in [1.82, 2.24) is 20.3 Å². The second-order valence-electron chi connectivity index (χ2n) is 3.83. The van der Waals surface area contributed by atoms with E-state index in [-0.39, 0.29) is 11.8 Å². The Morgan fingerprint density at radius 1 is 1.56 bits per heavy atom. The second-order valence-corrected chi connectivity index (χ2v) is 4.74. The third-order valence-electron chi connectivity index (χ3n) is 2.67. The highest BCUT2D eigenvalue weighted by atomic mass is 32.2. The second kappa shape index (κ2) is 6.03. The minimum Gasteiger partial charge on any atom is -0.366 e. The van der Waals surface area contributed by atoms with E-state index in [9.17, 15) is 4.79 Å². The summed E-state index contributed by atoms with van der Waals surface area (Å²) in [6.07, 6.45) is 5.23. The number of hydrogen-bond donors (Lipinski definition) is 3. The molecule has 2 rings (SSSR count). The van der Waals surface area contributed by atoms with Crippen LogP contribution >= 0.6 is 11.8 Å². The lowest BCUT2D eigenvalue weighted by molar-refractivity contribution is 0.0919. The summed E-state index contributed by atoms with van der Waals surface area (Å²) >= 11 is 1.71. The lowest BCUT2D eigenvalue weighted by Gasteiger charge is -2.15. The van der Waals surface area contributed by atoms with E-state index in [4.69, 9.17) is 4.74 Å². The molecule has 0 saturated heterocycles. The van der Waals surface area contributed by atoms with Gasteiger partial charge in [0.15, 0.2) is 0 Å². The maximum Gasteiger partial charge on any atom is 0.275 e. The minimum atomic E-state index is -0.154. The van der Waals surface area contributed by atoms with Crippen molar-refractivity contribution in [3.05, 3.63) is 28.4 Å². The summed E-state index contributed by atoms with van der Waals surface area (Å²) in [5, 5.41) is 3.27. The zero-order valence-electron chi connectivity index (χ0n) is 10.3. The van der Waals surface area contributed by atoms with Crippen molar-refractivity contribution in [3.63, 3.8) is 0 Å². The van der Waals surface area contributed by atoms with E-state index in [2.05, 4.69) is 20.3 Å². The molecule has 0 aliphatic rings. The van der Waals surface area contributed by atoms with Gasteiger partial charge in [-0.3, -0.25) is 10.1 Å². The lowest BCUT2D eigenvalue weighted by Crippen LogP contribution is -2.32. The van der Waals surface area contributed by atoms with Crippen molar-refractivity contribution in [2.45, 2.75) is 12.8 Å². The highest BCUT2D eigenvalue weighted by Gasteiger charge is 2.10. The van der Waals surface area contributed by atoms with E-state index >= 15 is 0 Å². The number of rotatable bonds is 6. The molecule has 0 bridgehead atoms. The molecule has 2 aromatic rings. The molecule has 7 heteroatoms. The number of thioether (sulfide) groups is 1. The number of H-pyrrole nitrogens is 2. The zero-order chi connectivity index (χ0) is 13.0. The number of methoxy groups -OCH3 is 1. The Bertz CT molecular complexity index is 565. The Labute approximate surface area is 109 Å². The van der Waals surface area contributed by atoms with Crippen LogP contribution in [0.1, 0.15) is 5.56 Å². The van der Waals surface area contributed by atoms with Gasteiger partial charge in [0.2, 0.25) is 0 Å². The van der Waals surface area contributed by atoms with Crippen molar-refractivity contribution in [1.29, 1.82) is 0 Å². The van der Waals surface area contributed by atoms with Gasteiger partial charge in [0.05, 0.1) is 11.8 Å². The SMILES string of the molecule is CO[C@H](CSC)NCc1c[nH]c2c(=O)[nH]cnc12. The van der Waals surface area contributed by atoms with E-state index in [1.54, 1.807) is 25.1 Å². The quantitative estimate of drug-likeness (QED) is 0.671. The van der Waals surface area contributed by atoms with Crippen LogP contribution in [0.15, 0.2) is 17.3 Å². The monoisotopic (exact) mass is 268 g/mol. The van der Waals surface area contributed by atoms with Crippen molar-refractivity contribution in [3.8, 4) is 0 Å². The van der Waals surface area contributed by atoms with Gasteiger partial charge in [-0.2, -0.15) is 11.8 Å². The number of aromatic nitrogens is 3. The fraction of sp³-hybridized carbons (Fsp3) is 0.455. The molecule has 0 saturated carbocycles. The first kappa shape index (κ1) is 13.1. The van der Waals surface area contributed by atoms with Crippen molar-refractivity contribution < 1.29 is 4.74 Å². The van der Waals surface area contributed by atoms with E-state index in [1.807, 2.05) is 6.26 Å². The Hall–Kier alpha value is -1.31. The lowest BCUT2D eigenvalue weighted by atomic mass is 10.3. The summed E-state index contributed by atoms with van der Waals surface area (Å²) in [5.41, 5.74) is 2.01. The van der Waals surface area contributed by atoms with Gasteiger partial charge in [-0.15, -0.1) is 0 Å². The molecular formula is C11H16N4O2S. The molecule has 0 fully saturated rings. The fourth-order valence-corrected chi connectivity index (χ4v) is 2.28. The van der Waals surface area contributed by atoms with Crippen LogP contribution in [-0.4, -0.2) is 40.3 Å². The van der Waals surface area contributed by atoms with Crippen LogP contribution in [0.5, 0.6) is 0 Å². The molecule has 0 aliphatic carbocycles. The number of fused-ring (bicyclic) bond motifs is 1. The molecule has 0 amide bonds. The van der Waals surface area contributed by atoms with E-state index < -0.39 is 0 Å². The molecule has 1 atom stereocenters. The average Bonchev–Trinajstić information content (AvgIpc) is 2.79. The summed E-state index contributed by atoms with van der Waals surface area (Å²) in [6, 6.07) is 0. The predicted octanol–water partition coefficient (Wildman–Crippen LogP) is 0.676. The van der Waals surface area contributed by atoms with Crippen molar-refractivity contribution >= 4 is 22.8 Å². The largest absolute Gasteiger partial charge is 0.366 e. The maximum absolute atomic E-state index is 11.5. The number of nitrogens with zero attached hydrogens (tertiary/aromatic N) is 1. The van der Waals surface area contributed by atoms with E-state index in [1.165, 1.54) is 6.33 Å². The van der Waals surface area contributed by atoms with Gasteiger partial charge >= 0.3 is 0 Å². The first-order chi connectivity index (χ1) is 8.76. The number of hydrogen-bond acceptors (Lipinski definition) is 5. The van der Waals surface area contributed by atoms with Gasteiger partial charge in [-0.05, 0) is 6.26 Å². The van der Waals surface area contributed by atoms with Crippen molar-refractivity contribution in [2.24, 2.45) is 0 Å². The van der Waals surface area contributed by atoms with Crippen LogP contribution in [0.25, 0.3) is 11.0 Å². The van der Waals surface area contributed by atoms with Crippen molar-refractivity contribution in [2.75, 3.05) is 19.1 Å². The fourth-order valence-electron chi connectivity index (χ4n) is 1.72. The topological polar surface area (TPSA) is 82.8 Å². The Morgan fingerprint density at radius 2 is 2.39 bits per heavy atom. The normalized spacial score (nSPS) is 13.0. The van der Waals surface area contributed by atoms with Gasteiger partial charge < -0.3 is 14.7 Å². The molecule has 0 radical (unpaired) electrons. The minimum absolute atomic E-state index is 0.00746. The van der Waals surface area contributed by atoms with Crippen LogP contribution < -0.4 is 10.9 Å². The highest BCUT2D eigenvalue weighted by Crippen LogP contribution is 2.11. The number of aromatic amines is 2. The number of ether oxygens (including phenoxy) is 1. The van der Waals surface area contributed by atoms with Crippen LogP contribution in [0.2, 0.25) is 0 Å². The maximum atomic E-state index is 11.5. The molecule has 0 unspecified atom stereocenters. The molecule has 98 valence electrons. The smallest absolute Gasteiger partial charge is 0.275 e. The Morgan fingerprint density at radius 3 is 3.11 bits per heavy atom. The first-order valence-corrected chi connectivity index (χ1v) is 6.94. The third-order valence-corrected chi connectivity index (χ3v) is 3.31. The average molecular weight is 268 g/mol. The summed E-state index contributed by atoms with van der Waals surface area (Å²) in [6.45, 7) is 0.607. The Balaban J connectivity index is 2.12. The van der Waals surface area contributed by atoms with Gasteiger partial charge in [0.25, 0.3) is 5.56 Å². The summed E-state index contributed by atoms with van der Waals surface area (Å²) in [7, 11) is 1.67. The van der Waals surface area contributed by atoms with Crippen LogP contribution in [0.3, 0.4) is 0 Å². The Kier molecular flexibility index (Phi) is 4.40. The summed E-state index contributed by atoms with van der Waals surface area (Å²) in [5.74, 6) is 0.868. The molecule has 3 N–H and O–H groups in total. The van der Waals surface area contributed by atoms with Crippen LogP contribution in [-0.2, 0) is 11.3 Å². The van der Waals surface area contributed by atoms with Gasteiger partial charge in [-0.25, -0.2) is 4.98 Å². The van der Waals surface area contributed by atoms with Gasteiger partial charge in [0.1, 0.15) is 11.7 Å². The molecular weight excluding hydrogens is 252 g/mol. The summed E-state index contributed by atoms with van der Waals surface area (Å²) < 4.78 is 5.29. The molecule has 0 spiro atoms. The predicted molar refractivity (Wildman–Crippen MR) is 72.7 cm³/mol. The third kappa shape index (κ3) is 2.74. The molecule has 0 aromatic carbocycles. The molecule has 18 heavy (non-hydrogen) atoms. The molecule has 0 aliphatic heterocycles. The highest BCUT2D eigenvalue weighted by molar-refractivity contribution is 7.98.